The van der Waals surface area contributed by atoms with Crippen LogP contribution in [0, 0.1) is 17.2 Å². The topological polar surface area (TPSA) is 118 Å². The van der Waals surface area contributed by atoms with Gasteiger partial charge in [0.1, 0.15) is 11.9 Å². The molecule has 1 aliphatic carbocycles. The second-order valence-corrected chi connectivity index (χ2v) is 8.50. The van der Waals surface area contributed by atoms with Crippen molar-refractivity contribution < 1.29 is 23.9 Å². The van der Waals surface area contributed by atoms with Gasteiger partial charge in [-0.1, -0.05) is 17.7 Å². The molecule has 34 heavy (non-hydrogen) atoms. The number of carbonyl (C=O) groups excluding carboxylic acids is 3. The van der Waals surface area contributed by atoms with Gasteiger partial charge >= 0.3 is 5.97 Å². The molecule has 1 fully saturated rings. The van der Waals surface area contributed by atoms with Crippen molar-refractivity contribution in [3.63, 3.8) is 0 Å². The lowest BCUT2D eigenvalue weighted by Crippen LogP contribution is -2.31. The summed E-state index contributed by atoms with van der Waals surface area (Å²) in [7, 11) is 1.52. The number of methoxy groups -OCH3 is 1. The monoisotopic (exact) mass is 483 g/mol. The summed E-state index contributed by atoms with van der Waals surface area (Å²) >= 11 is 6.15. The molecule has 0 radical (unpaired) electrons. The number of anilines is 1. The van der Waals surface area contributed by atoms with Crippen molar-refractivity contribution in [3.8, 4) is 11.8 Å². The van der Waals surface area contributed by atoms with Crippen LogP contribution in [0.25, 0.3) is 0 Å². The van der Waals surface area contributed by atoms with Crippen molar-refractivity contribution in [3.05, 3.63) is 58.1 Å². The van der Waals surface area contributed by atoms with Gasteiger partial charge in [0.2, 0.25) is 5.91 Å². The highest BCUT2D eigenvalue weighted by atomic mass is 35.5. The van der Waals surface area contributed by atoms with Crippen molar-refractivity contribution in [2.24, 2.45) is 5.92 Å². The lowest BCUT2D eigenvalue weighted by Gasteiger charge is -2.27. The van der Waals surface area contributed by atoms with Gasteiger partial charge in [-0.25, -0.2) is 0 Å². The third kappa shape index (κ3) is 6.49. The molecule has 0 aromatic heterocycles. The molecule has 2 amide bonds. The van der Waals surface area contributed by atoms with E-state index >= 15 is 0 Å². The van der Waals surface area contributed by atoms with E-state index < -0.39 is 5.91 Å². The molecule has 0 aliphatic heterocycles. The molecule has 0 bridgehead atoms. The highest BCUT2D eigenvalue weighted by Crippen LogP contribution is 2.29. The van der Waals surface area contributed by atoms with E-state index in [2.05, 4.69) is 10.6 Å². The maximum Gasteiger partial charge on any atom is 0.302 e. The summed E-state index contributed by atoms with van der Waals surface area (Å²) in [6.45, 7) is 1.58. The van der Waals surface area contributed by atoms with Crippen LogP contribution in [-0.4, -0.2) is 31.0 Å². The minimum Gasteiger partial charge on any atom is -0.495 e. The number of nitriles is 1. The fourth-order valence-corrected chi connectivity index (χ4v) is 4.20. The molecule has 3 rings (SSSR count). The van der Waals surface area contributed by atoms with Gasteiger partial charge in [0.25, 0.3) is 5.91 Å². The first-order valence-electron chi connectivity index (χ1n) is 10.9. The third-order valence-electron chi connectivity index (χ3n) is 5.70. The van der Waals surface area contributed by atoms with Crippen LogP contribution in [0.5, 0.6) is 5.75 Å². The highest BCUT2D eigenvalue weighted by Gasteiger charge is 2.28. The fourth-order valence-electron chi connectivity index (χ4n) is 3.92. The first kappa shape index (κ1) is 25.1. The third-order valence-corrected chi connectivity index (χ3v) is 5.99. The molecule has 178 valence electrons. The molecule has 0 heterocycles. The number of halogens is 1. The summed E-state index contributed by atoms with van der Waals surface area (Å²) in [5, 5.41) is 15.3. The van der Waals surface area contributed by atoms with Crippen LogP contribution in [-0.2, 0) is 20.9 Å². The highest BCUT2D eigenvalue weighted by molar-refractivity contribution is 6.32. The van der Waals surface area contributed by atoms with Crippen LogP contribution >= 0.6 is 11.6 Å². The molecule has 0 atom stereocenters. The second kappa shape index (κ2) is 11.5. The van der Waals surface area contributed by atoms with Crippen molar-refractivity contribution >= 4 is 35.1 Å². The van der Waals surface area contributed by atoms with Crippen molar-refractivity contribution in [1.82, 2.24) is 5.32 Å². The molecular formula is C25H26ClN3O5. The maximum atomic E-state index is 12.9. The van der Waals surface area contributed by atoms with E-state index in [1.807, 2.05) is 6.07 Å². The molecule has 1 saturated carbocycles. The number of hydrogen-bond acceptors (Lipinski definition) is 6. The number of carbonyl (C=O) groups is 3. The minimum atomic E-state index is -0.432. The quantitative estimate of drug-likeness (QED) is 0.569. The van der Waals surface area contributed by atoms with E-state index in [1.165, 1.54) is 20.1 Å². The number of amides is 2. The van der Waals surface area contributed by atoms with E-state index in [0.29, 0.717) is 47.7 Å². The van der Waals surface area contributed by atoms with Crippen LogP contribution in [0.1, 0.15) is 54.1 Å². The first-order valence-corrected chi connectivity index (χ1v) is 11.3. The second-order valence-electron chi connectivity index (χ2n) is 8.10. The Hall–Kier alpha value is -3.57. The van der Waals surface area contributed by atoms with E-state index in [0.717, 1.165) is 5.56 Å². The largest absolute Gasteiger partial charge is 0.495 e. The zero-order chi connectivity index (χ0) is 24.7. The van der Waals surface area contributed by atoms with Gasteiger partial charge in [-0.2, -0.15) is 5.26 Å². The van der Waals surface area contributed by atoms with Gasteiger partial charge in [-0.15, -0.1) is 0 Å². The van der Waals surface area contributed by atoms with Crippen LogP contribution in [0.2, 0.25) is 5.02 Å². The average molecular weight is 484 g/mol. The van der Waals surface area contributed by atoms with Crippen LogP contribution < -0.4 is 15.4 Å². The van der Waals surface area contributed by atoms with Crippen molar-refractivity contribution in [2.75, 3.05) is 12.4 Å². The number of rotatable bonds is 7. The minimum absolute atomic E-state index is 0.163. The molecule has 0 spiro atoms. The smallest absolute Gasteiger partial charge is 0.302 e. The van der Waals surface area contributed by atoms with Crippen LogP contribution in [0.3, 0.4) is 0 Å². The van der Waals surface area contributed by atoms with Gasteiger partial charge in [-0.05, 0) is 61.6 Å². The van der Waals surface area contributed by atoms with Crippen LogP contribution in [0.4, 0.5) is 5.69 Å². The number of benzene rings is 2. The summed E-state index contributed by atoms with van der Waals surface area (Å²) in [6.07, 6.45) is 2.23. The van der Waals surface area contributed by atoms with Crippen molar-refractivity contribution in [2.45, 2.75) is 45.3 Å². The summed E-state index contributed by atoms with van der Waals surface area (Å²) in [5.41, 5.74) is 1.60. The van der Waals surface area contributed by atoms with Gasteiger partial charge in [0.15, 0.2) is 0 Å². The summed E-state index contributed by atoms with van der Waals surface area (Å²) in [5.74, 6) is -0.678. The molecule has 0 saturated heterocycles. The fraction of sp³-hybridized carbons (Fsp3) is 0.360. The molecule has 2 N–H and O–H groups in total. The number of ether oxygens (including phenoxy) is 2. The zero-order valence-corrected chi connectivity index (χ0v) is 19.8. The Balaban J connectivity index is 1.68. The van der Waals surface area contributed by atoms with E-state index in [4.69, 9.17) is 21.1 Å². The van der Waals surface area contributed by atoms with Gasteiger partial charge in [0, 0.05) is 19.4 Å². The molecule has 9 heteroatoms. The number of esters is 1. The Morgan fingerprint density at radius 3 is 2.47 bits per heavy atom. The Morgan fingerprint density at radius 2 is 1.85 bits per heavy atom. The van der Waals surface area contributed by atoms with E-state index in [9.17, 15) is 19.6 Å². The average Bonchev–Trinajstić information content (AvgIpc) is 2.83. The number of nitrogens with zero attached hydrogens (tertiary/aromatic N) is 1. The summed E-state index contributed by atoms with van der Waals surface area (Å²) < 4.78 is 10.4. The standard InChI is InChI=1S/C25H26ClN3O5/c1-15(30)34-19-7-5-18(6-8-19)24(31)29-22-9-3-16(13-27)11-20(22)25(32)28-14-17-4-10-23(33-2)21(26)12-17/h3-4,9-12,18-19H,5-8,14H2,1-2H3,(H,28,32)(H,29,31). The lowest BCUT2D eigenvalue weighted by molar-refractivity contribution is -0.148. The Labute approximate surface area is 203 Å². The molecule has 8 nitrogen and oxygen atoms in total. The van der Waals surface area contributed by atoms with E-state index in [1.54, 1.807) is 30.3 Å². The zero-order valence-electron chi connectivity index (χ0n) is 19.0. The van der Waals surface area contributed by atoms with Gasteiger partial charge < -0.3 is 20.1 Å². The maximum absolute atomic E-state index is 12.9. The normalized spacial score (nSPS) is 17.2. The van der Waals surface area contributed by atoms with Crippen molar-refractivity contribution in [1.29, 1.82) is 5.26 Å². The predicted molar refractivity (Wildman–Crippen MR) is 126 cm³/mol. The number of hydrogen-bond donors (Lipinski definition) is 2. The van der Waals surface area contributed by atoms with Crippen LogP contribution in [0.15, 0.2) is 36.4 Å². The molecule has 2 aromatic rings. The molecule has 2 aromatic carbocycles. The summed E-state index contributed by atoms with van der Waals surface area (Å²) in [4.78, 5) is 36.9. The summed E-state index contributed by atoms with van der Waals surface area (Å²) in [6, 6.07) is 11.8. The number of nitrogens with one attached hydrogen (secondary N) is 2. The van der Waals surface area contributed by atoms with E-state index in [-0.39, 0.29) is 36.0 Å². The Bertz CT molecular complexity index is 1120. The molecule has 1 aliphatic rings. The lowest BCUT2D eigenvalue weighted by atomic mass is 9.86. The molecular weight excluding hydrogens is 458 g/mol. The predicted octanol–water partition coefficient (Wildman–Crippen LogP) is 4.21. The Morgan fingerprint density at radius 1 is 1.12 bits per heavy atom. The van der Waals surface area contributed by atoms with Gasteiger partial charge in [-0.3, -0.25) is 14.4 Å². The first-order chi connectivity index (χ1) is 16.3. The SMILES string of the molecule is COc1ccc(CNC(=O)c2cc(C#N)ccc2NC(=O)C2CCC(OC(C)=O)CC2)cc1Cl. The Kier molecular flexibility index (Phi) is 8.50. The van der Waals surface area contributed by atoms with Gasteiger partial charge in [0.05, 0.1) is 35.0 Å². The molecule has 0 unspecified atom stereocenters.